The van der Waals surface area contributed by atoms with Crippen molar-refractivity contribution in [1.82, 2.24) is 9.59 Å². The highest BCUT2D eigenvalue weighted by Gasteiger charge is 2.14. The van der Waals surface area contributed by atoms with Crippen molar-refractivity contribution in [2.75, 3.05) is 5.32 Å². The van der Waals surface area contributed by atoms with Gasteiger partial charge in [0, 0.05) is 17.2 Å². The molecule has 5 nitrogen and oxygen atoms in total. The molecular formula is C9H7N3O2S. The third-order valence-electron chi connectivity index (χ3n) is 1.72. The first kappa shape index (κ1) is 9.60. The van der Waals surface area contributed by atoms with Crippen molar-refractivity contribution in [3.8, 4) is 0 Å². The SMILES string of the molecule is O=C(O)c1nnsc1Nc1ccccc1. The molecule has 0 radical (unpaired) electrons. The number of anilines is 2. The quantitative estimate of drug-likeness (QED) is 0.828. The molecule has 0 unspecified atom stereocenters. The van der Waals surface area contributed by atoms with Crippen LogP contribution in [0, 0.1) is 0 Å². The lowest BCUT2D eigenvalue weighted by molar-refractivity contribution is 0.0691. The normalized spacial score (nSPS) is 9.87. The fourth-order valence-electron chi connectivity index (χ4n) is 1.07. The summed E-state index contributed by atoms with van der Waals surface area (Å²) in [5, 5.41) is 15.7. The Morgan fingerprint density at radius 2 is 2.07 bits per heavy atom. The second-order valence-corrected chi connectivity index (χ2v) is 3.50. The van der Waals surface area contributed by atoms with Crippen LogP contribution in [0.15, 0.2) is 30.3 Å². The third-order valence-corrected chi connectivity index (χ3v) is 2.36. The minimum atomic E-state index is -1.08. The summed E-state index contributed by atoms with van der Waals surface area (Å²) in [7, 11) is 0. The molecule has 2 N–H and O–H groups in total. The second kappa shape index (κ2) is 4.05. The van der Waals surface area contributed by atoms with Gasteiger partial charge in [-0.3, -0.25) is 0 Å². The van der Waals surface area contributed by atoms with E-state index in [1.807, 2.05) is 30.3 Å². The zero-order valence-corrected chi connectivity index (χ0v) is 8.36. The molecule has 0 aliphatic heterocycles. The minimum absolute atomic E-state index is 0.0520. The maximum Gasteiger partial charge on any atom is 0.359 e. The van der Waals surface area contributed by atoms with E-state index in [9.17, 15) is 4.79 Å². The molecule has 15 heavy (non-hydrogen) atoms. The minimum Gasteiger partial charge on any atom is -0.476 e. The van der Waals surface area contributed by atoms with Crippen LogP contribution in [0.2, 0.25) is 0 Å². The standard InChI is InChI=1S/C9H7N3O2S/c13-9(14)7-8(15-12-11-7)10-6-4-2-1-3-5-6/h1-5,10H,(H,13,14). The largest absolute Gasteiger partial charge is 0.476 e. The summed E-state index contributed by atoms with van der Waals surface area (Å²) in [6, 6.07) is 9.28. The molecule has 2 rings (SSSR count). The Balaban J connectivity index is 2.25. The van der Waals surface area contributed by atoms with Gasteiger partial charge in [0.15, 0.2) is 0 Å². The predicted molar refractivity (Wildman–Crippen MR) is 56.6 cm³/mol. The maximum atomic E-state index is 10.7. The van der Waals surface area contributed by atoms with Crippen LogP contribution in [0.4, 0.5) is 10.7 Å². The van der Waals surface area contributed by atoms with Crippen molar-refractivity contribution in [3.63, 3.8) is 0 Å². The summed E-state index contributed by atoms with van der Waals surface area (Å²) in [6.07, 6.45) is 0. The van der Waals surface area contributed by atoms with Gasteiger partial charge in [0.25, 0.3) is 0 Å². The highest BCUT2D eigenvalue weighted by molar-refractivity contribution is 7.10. The Morgan fingerprint density at radius 3 is 2.73 bits per heavy atom. The summed E-state index contributed by atoms with van der Waals surface area (Å²) >= 11 is 1.02. The van der Waals surface area contributed by atoms with Crippen molar-refractivity contribution in [2.45, 2.75) is 0 Å². The number of hydrogen-bond acceptors (Lipinski definition) is 5. The fraction of sp³-hybridized carbons (Fsp3) is 0. The zero-order chi connectivity index (χ0) is 10.7. The van der Waals surface area contributed by atoms with Crippen LogP contribution >= 0.6 is 11.5 Å². The number of carbonyl (C=O) groups is 1. The van der Waals surface area contributed by atoms with Gasteiger partial charge >= 0.3 is 5.97 Å². The van der Waals surface area contributed by atoms with Crippen LogP contribution in [0.25, 0.3) is 0 Å². The fourth-order valence-corrected chi connectivity index (χ4v) is 1.65. The third kappa shape index (κ3) is 2.10. The lowest BCUT2D eigenvalue weighted by Gasteiger charge is -2.01. The molecule has 0 fully saturated rings. The molecule has 76 valence electrons. The van der Waals surface area contributed by atoms with E-state index in [0.717, 1.165) is 17.2 Å². The second-order valence-electron chi connectivity index (χ2n) is 2.75. The van der Waals surface area contributed by atoms with Gasteiger partial charge in [0.2, 0.25) is 5.69 Å². The summed E-state index contributed by atoms with van der Waals surface area (Å²) in [5.41, 5.74) is 0.759. The monoisotopic (exact) mass is 221 g/mol. The van der Waals surface area contributed by atoms with Crippen LogP contribution in [-0.4, -0.2) is 20.7 Å². The first-order valence-corrected chi connectivity index (χ1v) is 4.92. The molecule has 1 aromatic carbocycles. The lowest BCUT2D eigenvalue weighted by atomic mass is 10.3. The molecule has 0 aliphatic rings. The number of aromatic carboxylic acids is 1. The van der Waals surface area contributed by atoms with Crippen molar-refractivity contribution >= 4 is 28.2 Å². The molecule has 0 saturated carbocycles. The average Bonchev–Trinajstić information content (AvgIpc) is 2.67. The van der Waals surface area contributed by atoms with Crippen LogP contribution in [0.5, 0.6) is 0 Å². The van der Waals surface area contributed by atoms with E-state index in [1.165, 1.54) is 0 Å². The molecule has 6 heteroatoms. The number of para-hydroxylation sites is 1. The van der Waals surface area contributed by atoms with Gasteiger partial charge in [0.05, 0.1) is 0 Å². The molecule has 0 bridgehead atoms. The van der Waals surface area contributed by atoms with Crippen molar-refractivity contribution < 1.29 is 9.90 Å². The average molecular weight is 221 g/mol. The van der Waals surface area contributed by atoms with Crippen LogP contribution in [-0.2, 0) is 0 Å². The zero-order valence-electron chi connectivity index (χ0n) is 7.54. The highest BCUT2D eigenvalue weighted by atomic mass is 32.1. The van der Waals surface area contributed by atoms with Crippen LogP contribution in [0.3, 0.4) is 0 Å². The first-order valence-electron chi connectivity index (χ1n) is 4.15. The Kier molecular flexibility index (Phi) is 2.59. The van der Waals surface area contributed by atoms with Gasteiger partial charge in [-0.25, -0.2) is 4.79 Å². The Bertz CT molecular complexity index is 469. The number of aromatic nitrogens is 2. The Labute approximate surface area is 89.5 Å². The lowest BCUT2D eigenvalue weighted by Crippen LogP contribution is -2.01. The van der Waals surface area contributed by atoms with E-state index in [1.54, 1.807) is 0 Å². The van der Waals surface area contributed by atoms with E-state index >= 15 is 0 Å². The number of hydrogen-bond donors (Lipinski definition) is 2. The number of nitrogens with zero attached hydrogens (tertiary/aromatic N) is 2. The van der Waals surface area contributed by atoms with Gasteiger partial charge in [-0.15, -0.1) is 5.10 Å². The van der Waals surface area contributed by atoms with Crippen molar-refractivity contribution in [2.24, 2.45) is 0 Å². The number of carboxylic acids is 1. The van der Waals surface area contributed by atoms with E-state index < -0.39 is 5.97 Å². The molecule has 0 amide bonds. The number of rotatable bonds is 3. The van der Waals surface area contributed by atoms with E-state index in [-0.39, 0.29) is 5.69 Å². The topological polar surface area (TPSA) is 75.1 Å². The summed E-state index contributed by atoms with van der Waals surface area (Å²) in [6.45, 7) is 0. The number of carboxylic acid groups (broad SMARTS) is 1. The number of benzene rings is 1. The van der Waals surface area contributed by atoms with Gasteiger partial charge < -0.3 is 10.4 Å². The van der Waals surface area contributed by atoms with Gasteiger partial charge in [0.1, 0.15) is 5.00 Å². The first-order chi connectivity index (χ1) is 7.27. The molecule has 2 aromatic rings. The van der Waals surface area contributed by atoms with Crippen molar-refractivity contribution in [1.29, 1.82) is 0 Å². The maximum absolute atomic E-state index is 10.7. The highest BCUT2D eigenvalue weighted by Crippen LogP contribution is 2.22. The van der Waals surface area contributed by atoms with Gasteiger partial charge in [-0.2, -0.15) is 0 Å². The predicted octanol–water partition coefficient (Wildman–Crippen LogP) is 1.98. The molecule has 0 saturated heterocycles. The van der Waals surface area contributed by atoms with Crippen molar-refractivity contribution in [3.05, 3.63) is 36.0 Å². The molecule has 0 spiro atoms. The molecule has 0 atom stereocenters. The van der Waals surface area contributed by atoms with E-state index in [2.05, 4.69) is 14.9 Å². The Hall–Kier alpha value is -1.95. The molecule has 1 aromatic heterocycles. The van der Waals surface area contributed by atoms with E-state index in [0.29, 0.717) is 5.00 Å². The molecular weight excluding hydrogens is 214 g/mol. The number of nitrogens with one attached hydrogen (secondary N) is 1. The smallest absolute Gasteiger partial charge is 0.359 e. The van der Waals surface area contributed by atoms with Gasteiger partial charge in [-0.05, 0) is 12.1 Å². The van der Waals surface area contributed by atoms with Crippen LogP contribution < -0.4 is 5.32 Å². The summed E-state index contributed by atoms with van der Waals surface area (Å²) in [4.78, 5) is 10.7. The van der Waals surface area contributed by atoms with Gasteiger partial charge in [-0.1, -0.05) is 22.7 Å². The summed E-state index contributed by atoms with van der Waals surface area (Å²) in [5.74, 6) is -1.08. The Morgan fingerprint density at radius 1 is 1.33 bits per heavy atom. The summed E-state index contributed by atoms with van der Waals surface area (Å²) < 4.78 is 3.59. The molecule has 1 heterocycles. The molecule has 0 aliphatic carbocycles. The van der Waals surface area contributed by atoms with E-state index in [4.69, 9.17) is 5.11 Å². The van der Waals surface area contributed by atoms with Crippen LogP contribution in [0.1, 0.15) is 10.5 Å².